The van der Waals surface area contributed by atoms with Crippen LogP contribution in [-0.4, -0.2) is 55.3 Å². The predicted octanol–water partition coefficient (Wildman–Crippen LogP) is 2.49. The van der Waals surface area contributed by atoms with Crippen LogP contribution in [0.15, 0.2) is 36.8 Å². The molecule has 1 saturated carbocycles. The summed E-state index contributed by atoms with van der Waals surface area (Å²) in [5, 5.41) is 24.1. The minimum Gasteiger partial charge on any atom is -0.396 e. The summed E-state index contributed by atoms with van der Waals surface area (Å²) < 4.78 is 1.56. The first-order valence-corrected chi connectivity index (χ1v) is 11.4. The molecular formula is C23H32N8O2. The summed E-state index contributed by atoms with van der Waals surface area (Å²) in [6, 6.07) is 5.89. The highest BCUT2D eigenvalue weighted by atomic mass is 16.3. The van der Waals surface area contributed by atoms with Gasteiger partial charge in [0.2, 0.25) is 0 Å². The van der Waals surface area contributed by atoms with E-state index >= 15 is 0 Å². The number of nitrogens with two attached hydrogens (primary N) is 1. The van der Waals surface area contributed by atoms with Gasteiger partial charge >= 0.3 is 0 Å². The normalized spacial score (nSPS) is 20.2. The highest BCUT2D eigenvalue weighted by Crippen LogP contribution is 2.26. The molecule has 10 heteroatoms. The maximum atomic E-state index is 13.0. The zero-order chi connectivity index (χ0) is 23.4. The largest absolute Gasteiger partial charge is 0.396 e. The van der Waals surface area contributed by atoms with Crippen molar-refractivity contribution >= 4 is 28.7 Å². The van der Waals surface area contributed by atoms with Gasteiger partial charge in [-0.1, -0.05) is 6.92 Å². The summed E-state index contributed by atoms with van der Waals surface area (Å²) in [6.45, 7) is 4.05. The molecule has 0 aromatic carbocycles. The molecular weight excluding hydrogens is 420 g/mol. The smallest absolute Gasteiger partial charge is 0.276 e. The summed E-state index contributed by atoms with van der Waals surface area (Å²) in [4.78, 5) is 21.4. The highest BCUT2D eigenvalue weighted by Gasteiger charge is 2.22. The van der Waals surface area contributed by atoms with Crippen LogP contribution in [0.1, 0.15) is 50.0 Å². The monoisotopic (exact) mass is 452 g/mol. The van der Waals surface area contributed by atoms with Gasteiger partial charge in [0.25, 0.3) is 5.91 Å². The topological polar surface area (TPSA) is 142 Å². The lowest BCUT2D eigenvalue weighted by Gasteiger charge is -2.27. The Labute approximate surface area is 193 Å². The van der Waals surface area contributed by atoms with Crippen LogP contribution in [0.5, 0.6) is 0 Å². The third kappa shape index (κ3) is 5.40. The molecule has 1 amide bonds. The number of hydrogen-bond acceptors (Lipinski definition) is 8. The fourth-order valence-electron chi connectivity index (χ4n) is 3.95. The van der Waals surface area contributed by atoms with E-state index in [1.54, 1.807) is 29.0 Å². The Morgan fingerprint density at radius 2 is 1.97 bits per heavy atom. The molecule has 10 nitrogen and oxygen atoms in total. The molecule has 6 N–H and O–H groups in total. The Morgan fingerprint density at radius 3 is 2.67 bits per heavy atom. The number of amides is 1. The van der Waals surface area contributed by atoms with Crippen LogP contribution in [0.3, 0.4) is 0 Å². The van der Waals surface area contributed by atoms with E-state index in [-0.39, 0.29) is 36.6 Å². The van der Waals surface area contributed by atoms with E-state index < -0.39 is 0 Å². The van der Waals surface area contributed by atoms with Crippen molar-refractivity contribution in [1.29, 1.82) is 0 Å². The van der Waals surface area contributed by atoms with Crippen molar-refractivity contribution in [2.45, 2.75) is 57.7 Å². The predicted molar refractivity (Wildman–Crippen MR) is 128 cm³/mol. The standard InChI is InChI=1S/C23H32N8O2/c1-14(13-32)15(2)27-19-11-21(28-17-5-3-16(24)4-6-17)30-31-20(12-26-22(19)31)23(33)29-18-7-9-25-10-8-18/h7-12,14-17,27,32H,3-6,13,24H2,1-2H3,(H,28,30)(H,25,29,33)/t14-,15?,16?,17?/m1/s1. The van der Waals surface area contributed by atoms with Crippen molar-refractivity contribution in [3.8, 4) is 0 Å². The molecule has 3 aromatic heterocycles. The number of nitrogens with zero attached hydrogens (tertiary/aromatic N) is 4. The van der Waals surface area contributed by atoms with Crippen molar-refractivity contribution in [3.05, 3.63) is 42.5 Å². The Hall–Kier alpha value is -3.24. The maximum absolute atomic E-state index is 13.0. The van der Waals surface area contributed by atoms with Crippen LogP contribution in [0.25, 0.3) is 5.65 Å². The summed E-state index contributed by atoms with van der Waals surface area (Å²) in [7, 11) is 0. The molecule has 4 rings (SSSR count). The molecule has 3 heterocycles. The summed E-state index contributed by atoms with van der Waals surface area (Å²) >= 11 is 0. The van der Waals surface area contributed by atoms with E-state index in [2.05, 4.69) is 25.9 Å². The second kappa shape index (κ2) is 10.1. The Balaban J connectivity index is 1.66. The molecule has 1 aliphatic rings. The zero-order valence-electron chi connectivity index (χ0n) is 19.0. The fraction of sp³-hybridized carbons (Fsp3) is 0.478. The van der Waals surface area contributed by atoms with Gasteiger partial charge in [0.05, 0.1) is 11.9 Å². The zero-order valence-corrected chi connectivity index (χ0v) is 19.0. The average molecular weight is 453 g/mol. The van der Waals surface area contributed by atoms with Gasteiger partial charge in [-0.2, -0.15) is 0 Å². The van der Waals surface area contributed by atoms with Gasteiger partial charge in [-0.15, -0.1) is 5.10 Å². The fourth-order valence-corrected chi connectivity index (χ4v) is 3.95. The van der Waals surface area contributed by atoms with E-state index in [1.165, 1.54) is 6.20 Å². The minimum absolute atomic E-state index is 0.00692. The second-order valence-corrected chi connectivity index (χ2v) is 8.86. The van der Waals surface area contributed by atoms with Crippen LogP contribution in [0.4, 0.5) is 17.2 Å². The van der Waals surface area contributed by atoms with Gasteiger partial charge in [0.15, 0.2) is 11.3 Å². The Morgan fingerprint density at radius 1 is 1.24 bits per heavy atom. The number of hydrogen-bond donors (Lipinski definition) is 5. The molecule has 33 heavy (non-hydrogen) atoms. The molecule has 1 unspecified atom stereocenters. The number of fused-ring (bicyclic) bond motifs is 1. The van der Waals surface area contributed by atoms with E-state index in [0.717, 1.165) is 31.4 Å². The summed E-state index contributed by atoms with van der Waals surface area (Å²) in [5.41, 5.74) is 8.31. The molecule has 1 aliphatic carbocycles. The Kier molecular flexibility index (Phi) is 7.05. The highest BCUT2D eigenvalue weighted by molar-refractivity contribution is 6.03. The number of rotatable bonds is 8. The van der Waals surface area contributed by atoms with Gasteiger partial charge in [-0.3, -0.25) is 9.78 Å². The van der Waals surface area contributed by atoms with E-state index in [1.807, 2.05) is 19.9 Å². The van der Waals surface area contributed by atoms with Crippen LogP contribution < -0.4 is 21.7 Å². The van der Waals surface area contributed by atoms with Crippen molar-refractivity contribution in [1.82, 2.24) is 19.6 Å². The number of aliphatic hydroxyl groups is 1. The van der Waals surface area contributed by atoms with Gasteiger partial charge < -0.3 is 26.8 Å². The first kappa shape index (κ1) is 22.9. The minimum atomic E-state index is -0.315. The number of anilines is 3. The maximum Gasteiger partial charge on any atom is 0.276 e. The lowest BCUT2D eigenvalue weighted by atomic mass is 9.92. The molecule has 0 radical (unpaired) electrons. The summed E-state index contributed by atoms with van der Waals surface area (Å²) in [6.07, 6.45) is 8.65. The van der Waals surface area contributed by atoms with Gasteiger partial charge in [0.1, 0.15) is 5.82 Å². The number of aliphatic hydroxyl groups excluding tert-OH is 1. The molecule has 176 valence electrons. The lowest BCUT2D eigenvalue weighted by molar-refractivity contribution is 0.102. The number of carbonyl (C=O) groups is 1. The lowest BCUT2D eigenvalue weighted by Crippen LogP contribution is -2.33. The molecule has 2 atom stereocenters. The van der Waals surface area contributed by atoms with Crippen LogP contribution >= 0.6 is 0 Å². The molecule has 1 fully saturated rings. The molecule has 0 saturated heterocycles. The SMILES string of the molecule is CC(Nc1cc(NC2CCC(N)CC2)nn2c(C(=O)Nc3ccncc3)cnc12)[C@H](C)CO. The molecule has 0 spiro atoms. The van der Waals surface area contributed by atoms with Crippen LogP contribution in [0, 0.1) is 5.92 Å². The van der Waals surface area contributed by atoms with Crippen molar-refractivity contribution in [2.24, 2.45) is 11.7 Å². The summed E-state index contributed by atoms with van der Waals surface area (Å²) in [5.74, 6) is 0.383. The Bertz CT molecular complexity index is 1080. The van der Waals surface area contributed by atoms with Crippen molar-refractivity contribution < 1.29 is 9.90 Å². The van der Waals surface area contributed by atoms with E-state index in [0.29, 0.717) is 22.8 Å². The van der Waals surface area contributed by atoms with Gasteiger partial charge in [0, 0.05) is 48.9 Å². The molecule has 0 aliphatic heterocycles. The van der Waals surface area contributed by atoms with Gasteiger partial charge in [-0.25, -0.2) is 9.50 Å². The number of nitrogens with one attached hydrogen (secondary N) is 3. The number of aromatic nitrogens is 4. The number of pyridine rings is 1. The number of imidazole rings is 1. The second-order valence-electron chi connectivity index (χ2n) is 8.86. The van der Waals surface area contributed by atoms with E-state index in [4.69, 9.17) is 10.8 Å². The van der Waals surface area contributed by atoms with E-state index in [9.17, 15) is 9.90 Å². The number of carbonyl (C=O) groups excluding carboxylic acids is 1. The van der Waals surface area contributed by atoms with Crippen molar-refractivity contribution in [2.75, 3.05) is 22.6 Å². The molecule has 0 bridgehead atoms. The van der Waals surface area contributed by atoms with Crippen LogP contribution in [-0.2, 0) is 0 Å². The third-order valence-corrected chi connectivity index (χ3v) is 6.29. The van der Waals surface area contributed by atoms with Gasteiger partial charge in [-0.05, 0) is 50.7 Å². The third-order valence-electron chi connectivity index (χ3n) is 6.29. The average Bonchev–Trinajstić information content (AvgIpc) is 3.25. The van der Waals surface area contributed by atoms with Crippen molar-refractivity contribution in [3.63, 3.8) is 0 Å². The first-order chi connectivity index (χ1) is 15.9. The molecule has 3 aromatic rings. The van der Waals surface area contributed by atoms with Crippen LogP contribution in [0.2, 0.25) is 0 Å². The first-order valence-electron chi connectivity index (χ1n) is 11.4. The quantitative estimate of drug-likeness (QED) is 0.351.